The number of rotatable bonds is 9. The molecule has 0 aliphatic carbocycles. The van der Waals surface area contributed by atoms with Gasteiger partial charge in [0, 0.05) is 23.7 Å². The van der Waals surface area contributed by atoms with Gasteiger partial charge in [-0.1, -0.05) is 48.8 Å². The first-order valence-corrected chi connectivity index (χ1v) is 10.3. The van der Waals surface area contributed by atoms with Gasteiger partial charge in [-0.25, -0.2) is 0 Å². The first-order valence-electron chi connectivity index (χ1n) is 10.3. The number of carbonyl (C=O) groups excluding carboxylic acids is 1. The van der Waals surface area contributed by atoms with Gasteiger partial charge in [-0.2, -0.15) is 4.98 Å². The lowest BCUT2D eigenvalue weighted by molar-refractivity contribution is -0.385. The van der Waals surface area contributed by atoms with E-state index in [2.05, 4.69) is 10.1 Å². The standard InChI is InChI=1S/C23H26N4O5/c1-15(2)12-26(13-21-24-23(25-32-21)18-7-5-16(3)6-8-18)22(28)14-31-19-9-10-20(27(29)30)17(4)11-19/h5-11,15H,12-14H2,1-4H3. The van der Waals surface area contributed by atoms with Crippen molar-refractivity contribution in [1.29, 1.82) is 0 Å². The van der Waals surface area contributed by atoms with Gasteiger partial charge >= 0.3 is 0 Å². The van der Waals surface area contributed by atoms with Crippen molar-refractivity contribution in [3.05, 3.63) is 69.6 Å². The molecule has 32 heavy (non-hydrogen) atoms. The molecule has 0 aliphatic heterocycles. The van der Waals surface area contributed by atoms with Crippen LogP contribution >= 0.6 is 0 Å². The molecule has 0 radical (unpaired) electrons. The number of aromatic nitrogens is 2. The fourth-order valence-corrected chi connectivity index (χ4v) is 3.16. The van der Waals surface area contributed by atoms with Crippen LogP contribution < -0.4 is 4.74 Å². The number of aryl methyl sites for hydroxylation is 2. The second-order valence-corrected chi connectivity index (χ2v) is 8.04. The smallest absolute Gasteiger partial charge is 0.272 e. The van der Waals surface area contributed by atoms with Crippen LogP contribution in [0, 0.1) is 29.9 Å². The highest BCUT2D eigenvalue weighted by molar-refractivity contribution is 5.77. The number of hydrogen-bond donors (Lipinski definition) is 0. The zero-order valence-electron chi connectivity index (χ0n) is 18.6. The van der Waals surface area contributed by atoms with Crippen molar-refractivity contribution in [2.75, 3.05) is 13.2 Å². The van der Waals surface area contributed by atoms with Crippen molar-refractivity contribution < 1.29 is 19.0 Å². The highest BCUT2D eigenvalue weighted by atomic mass is 16.6. The van der Waals surface area contributed by atoms with Crippen LogP contribution in [0.15, 0.2) is 47.0 Å². The summed E-state index contributed by atoms with van der Waals surface area (Å²) >= 11 is 0. The van der Waals surface area contributed by atoms with E-state index in [1.807, 2.05) is 45.0 Å². The maximum absolute atomic E-state index is 12.8. The molecule has 3 aromatic rings. The van der Waals surface area contributed by atoms with Crippen molar-refractivity contribution in [1.82, 2.24) is 15.0 Å². The molecule has 168 valence electrons. The lowest BCUT2D eigenvalue weighted by Crippen LogP contribution is -2.37. The van der Waals surface area contributed by atoms with Crippen molar-refractivity contribution in [2.24, 2.45) is 5.92 Å². The van der Waals surface area contributed by atoms with E-state index in [-0.39, 0.29) is 30.7 Å². The van der Waals surface area contributed by atoms with Crippen LogP contribution in [-0.4, -0.2) is 39.0 Å². The van der Waals surface area contributed by atoms with Gasteiger partial charge in [-0.3, -0.25) is 14.9 Å². The van der Waals surface area contributed by atoms with Crippen LogP contribution in [0.3, 0.4) is 0 Å². The summed E-state index contributed by atoms with van der Waals surface area (Å²) in [7, 11) is 0. The van der Waals surface area contributed by atoms with E-state index in [0.717, 1.165) is 11.1 Å². The number of nitro benzene ring substituents is 1. The summed E-state index contributed by atoms with van der Waals surface area (Å²) in [5.74, 6) is 1.17. The average molecular weight is 438 g/mol. The van der Waals surface area contributed by atoms with Crippen molar-refractivity contribution in [2.45, 2.75) is 34.2 Å². The molecule has 0 saturated heterocycles. The first-order chi connectivity index (χ1) is 15.2. The third-order valence-electron chi connectivity index (χ3n) is 4.77. The Balaban J connectivity index is 1.67. The minimum atomic E-state index is -0.454. The number of benzene rings is 2. The lowest BCUT2D eigenvalue weighted by Gasteiger charge is -2.23. The molecule has 0 unspecified atom stereocenters. The Labute approximate surface area is 186 Å². The number of amides is 1. The summed E-state index contributed by atoms with van der Waals surface area (Å²) in [6.45, 7) is 8.09. The first kappa shape index (κ1) is 22.9. The lowest BCUT2D eigenvalue weighted by atomic mass is 10.1. The Kier molecular flexibility index (Phi) is 7.19. The summed E-state index contributed by atoms with van der Waals surface area (Å²) < 4.78 is 11.0. The minimum absolute atomic E-state index is 0.00545. The molecule has 0 fully saturated rings. The molecule has 3 rings (SSSR count). The van der Waals surface area contributed by atoms with Gasteiger partial charge in [0.15, 0.2) is 6.61 Å². The molecule has 0 spiro atoms. The van der Waals surface area contributed by atoms with Crippen LogP contribution in [0.25, 0.3) is 11.4 Å². The molecular weight excluding hydrogens is 412 g/mol. The Bertz CT molecular complexity index is 1090. The van der Waals surface area contributed by atoms with Crippen LogP contribution in [0.1, 0.15) is 30.9 Å². The molecule has 0 atom stereocenters. The van der Waals surface area contributed by atoms with E-state index in [1.54, 1.807) is 17.9 Å². The molecule has 1 amide bonds. The van der Waals surface area contributed by atoms with Gasteiger partial charge in [0.1, 0.15) is 12.3 Å². The molecule has 9 heteroatoms. The van der Waals surface area contributed by atoms with Gasteiger partial charge in [-0.05, 0) is 31.9 Å². The van der Waals surface area contributed by atoms with Crippen molar-refractivity contribution in [3.63, 3.8) is 0 Å². The number of nitro groups is 1. The molecule has 9 nitrogen and oxygen atoms in total. The summed E-state index contributed by atoms with van der Waals surface area (Å²) in [5.41, 5.74) is 2.44. The van der Waals surface area contributed by atoms with Gasteiger partial charge < -0.3 is 14.2 Å². The highest BCUT2D eigenvalue weighted by Gasteiger charge is 2.20. The number of hydrogen-bond acceptors (Lipinski definition) is 7. The monoisotopic (exact) mass is 438 g/mol. The topological polar surface area (TPSA) is 112 Å². The minimum Gasteiger partial charge on any atom is -0.484 e. The second-order valence-electron chi connectivity index (χ2n) is 8.04. The van der Waals surface area contributed by atoms with E-state index in [9.17, 15) is 14.9 Å². The Hall–Kier alpha value is -3.75. The fraction of sp³-hybridized carbons (Fsp3) is 0.348. The summed E-state index contributed by atoms with van der Waals surface area (Å²) in [6, 6.07) is 12.2. The van der Waals surface area contributed by atoms with E-state index >= 15 is 0 Å². The third-order valence-corrected chi connectivity index (χ3v) is 4.77. The number of carbonyl (C=O) groups is 1. The largest absolute Gasteiger partial charge is 0.484 e. The highest BCUT2D eigenvalue weighted by Crippen LogP contribution is 2.23. The summed E-state index contributed by atoms with van der Waals surface area (Å²) in [5, 5.41) is 15.0. The molecule has 0 saturated carbocycles. The molecule has 1 aromatic heterocycles. The predicted molar refractivity (Wildman–Crippen MR) is 118 cm³/mol. The number of nitrogens with zero attached hydrogens (tertiary/aromatic N) is 4. The van der Waals surface area contributed by atoms with E-state index in [0.29, 0.717) is 29.6 Å². The van der Waals surface area contributed by atoms with Crippen LogP contribution in [0.5, 0.6) is 5.75 Å². The predicted octanol–water partition coefficient (Wildman–Crippen LogP) is 4.33. The molecule has 0 bridgehead atoms. The quantitative estimate of drug-likeness (QED) is 0.361. The fourth-order valence-electron chi connectivity index (χ4n) is 3.16. The molecule has 0 N–H and O–H groups in total. The zero-order valence-corrected chi connectivity index (χ0v) is 18.6. The van der Waals surface area contributed by atoms with Crippen LogP contribution in [-0.2, 0) is 11.3 Å². The van der Waals surface area contributed by atoms with Crippen molar-refractivity contribution >= 4 is 11.6 Å². The molecule has 1 heterocycles. The number of ether oxygens (including phenoxy) is 1. The SMILES string of the molecule is Cc1ccc(-c2noc(CN(CC(C)C)C(=O)COc3ccc([N+](=O)[O-])c(C)c3)n2)cc1. The van der Waals surface area contributed by atoms with Crippen LogP contribution in [0.2, 0.25) is 0 Å². The third kappa shape index (κ3) is 5.90. The Morgan fingerprint density at radius 2 is 1.91 bits per heavy atom. The van der Waals surface area contributed by atoms with E-state index in [1.165, 1.54) is 12.1 Å². The maximum atomic E-state index is 12.8. The van der Waals surface area contributed by atoms with Gasteiger partial charge in [0.05, 0.1) is 4.92 Å². The maximum Gasteiger partial charge on any atom is 0.272 e. The van der Waals surface area contributed by atoms with Crippen LogP contribution in [0.4, 0.5) is 5.69 Å². The summed E-state index contributed by atoms with van der Waals surface area (Å²) in [4.78, 5) is 29.4. The van der Waals surface area contributed by atoms with E-state index in [4.69, 9.17) is 9.26 Å². The summed E-state index contributed by atoms with van der Waals surface area (Å²) in [6.07, 6.45) is 0. The second kappa shape index (κ2) is 10.0. The molecular formula is C23H26N4O5. The normalized spacial score (nSPS) is 10.9. The zero-order chi connectivity index (χ0) is 23.3. The average Bonchev–Trinajstić information content (AvgIpc) is 3.20. The van der Waals surface area contributed by atoms with Crippen molar-refractivity contribution in [3.8, 4) is 17.1 Å². The molecule has 0 aliphatic rings. The Morgan fingerprint density at radius 3 is 2.53 bits per heavy atom. The van der Waals surface area contributed by atoms with Gasteiger partial charge in [-0.15, -0.1) is 0 Å². The van der Waals surface area contributed by atoms with Gasteiger partial charge in [0.25, 0.3) is 11.6 Å². The Morgan fingerprint density at radius 1 is 1.19 bits per heavy atom. The van der Waals surface area contributed by atoms with E-state index < -0.39 is 4.92 Å². The van der Waals surface area contributed by atoms with Gasteiger partial charge in [0.2, 0.25) is 11.7 Å². The molecule has 2 aromatic carbocycles.